The Morgan fingerprint density at radius 3 is 2.86 bits per heavy atom. The second-order valence-corrected chi connectivity index (χ2v) is 5.02. The molecule has 1 aromatic heterocycles. The van der Waals surface area contributed by atoms with Crippen LogP contribution in [0.5, 0.6) is 0 Å². The Kier molecular flexibility index (Phi) is 4.69. The Balaban J connectivity index is 1.96. The Labute approximate surface area is 125 Å². The molecule has 1 N–H and O–H groups in total. The molecule has 2 aromatic rings. The summed E-state index contributed by atoms with van der Waals surface area (Å²) in [4.78, 5) is 23.7. The van der Waals surface area contributed by atoms with Gasteiger partial charge in [-0.05, 0) is 36.6 Å². The minimum atomic E-state index is -0.928. The summed E-state index contributed by atoms with van der Waals surface area (Å²) in [6.45, 7) is 1.49. The van der Waals surface area contributed by atoms with Gasteiger partial charge in [0.25, 0.3) is 5.91 Å². The summed E-state index contributed by atoms with van der Waals surface area (Å²) in [7, 11) is 0. The van der Waals surface area contributed by atoms with Gasteiger partial charge in [0.15, 0.2) is 6.10 Å². The lowest BCUT2D eigenvalue weighted by Crippen LogP contribution is -2.29. The number of benzene rings is 1. The lowest BCUT2D eigenvalue weighted by molar-refractivity contribution is -0.123. The molecule has 0 aliphatic carbocycles. The van der Waals surface area contributed by atoms with Crippen molar-refractivity contribution in [3.05, 3.63) is 52.2 Å². The number of nitrogens with zero attached hydrogens (tertiary/aromatic N) is 1. The van der Waals surface area contributed by atoms with Crippen LogP contribution in [0.3, 0.4) is 0 Å². The van der Waals surface area contributed by atoms with Crippen molar-refractivity contribution < 1.29 is 14.3 Å². The molecular weight excluding hydrogens is 288 g/mol. The van der Waals surface area contributed by atoms with Gasteiger partial charge in [-0.1, -0.05) is 6.07 Å². The van der Waals surface area contributed by atoms with E-state index in [9.17, 15) is 9.59 Å². The Hall–Kier alpha value is -2.65. The van der Waals surface area contributed by atoms with E-state index in [1.807, 2.05) is 6.07 Å². The van der Waals surface area contributed by atoms with Crippen LogP contribution >= 0.6 is 11.3 Å². The molecule has 1 atom stereocenters. The quantitative estimate of drug-likeness (QED) is 0.881. The fraction of sp³-hybridized carbons (Fsp3) is 0.133. The number of thiophene rings is 1. The van der Waals surface area contributed by atoms with Gasteiger partial charge in [-0.3, -0.25) is 4.79 Å². The average molecular weight is 300 g/mol. The van der Waals surface area contributed by atoms with E-state index in [4.69, 9.17) is 10.00 Å². The molecule has 1 amide bonds. The minimum Gasteiger partial charge on any atom is -0.449 e. The molecule has 106 valence electrons. The van der Waals surface area contributed by atoms with Gasteiger partial charge in [0.05, 0.1) is 17.2 Å². The molecule has 1 heterocycles. The molecule has 0 saturated heterocycles. The highest BCUT2D eigenvalue weighted by molar-refractivity contribution is 7.08. The standard InChI is InChI=1S/C15H12N2O3S/c1-10(20-15(19)12-5-6-21-9-12)14(18)17-13-4-2-3-11(7-13)8-16/h2-7,9-10H,1H3,(H,17,18). The van der Waals surface area contributed by atoms with E-state index in [0.717, 1.165) is 0 Å². The number of amides is 1. The Morgan fingerprint density at radius 1 is 1.38 bits per heavy atom. The van der Waals surface area contributed by atoms with Gasteiger partial charge < -0.3 is 10.1 Å². The topological polar surface area (TPSA) is 79.2 Å². The Morgan fingerprint density at radius 2 is 2.19 bits per heavy atom. The lowest BCUT2D eigenvalue weighted by Gasteiger charge is -2.13. The maximum atomic E-state index is 11.9. The molecule has 5 nitrogen and oxygen atoms in total. The van der Waals surface area contributed by atoms with Crippen LogP contribution in [0.15, 0.2) is 41.1 Å². The first-order valence-corrected chi connectivity index (χ1v) is 7.08. The molecule has 0 bridgehead atoms. The van der Waals surface area contributed by atoms with E-state index >= 15 is 0 Å². The first-order valence-electron chi connectivity index (χ1n) is 6.14. The summed E-state index contributed by atoms with van der Waals surface area (Å²) in [6.07, 6.45) is -0.928. The highest BCUT2D eigenvalue weighted by Crippen LogP contribution is 2.12. The molecule has 0 fully saturated rings. The van der Waals surface area contributed by atoms with Crippen LogP contribution in [-0.2, 0) is 9.53 Å². The molecule has 0 aliphatic rings. The minimum absolute atomic E-state index is 0.422. The largest absolute Gasteiger partial charge is 0.449 e. The number of anilines is 1. The summed E-state index contributed by atoms with van der Waals surface area (Å²) in [5.74, 6) is -0.988. The maximum absolute atomic E-state index is 11.9. The second kappa shape index (κ2) is 6.68. The third kappa shape index (κ3) is 3.91. The molecular formula is C15H12N2O3S. The predicted octanol–water partition coefficient (Wildman–Crippen LogP) is 2.80. The molecule has 0 aliphatic heterocycles. The number of esters is 1. The summed E-state index contributed by atoms with van der Waals surface area (Å²) in [6, 6.07) is 10.1. The van der Waals surface area contributed by atoms with Crippen LogP contribution in [0.2, 0.25) is 0 Å². The predicted molar refractivity (Wildman–Crippen MR) is 79.0 cm³/mol. The Bertz CT molecular complexity index is 689. The van der Waals surface area contributed by atoms with Crippen LogP contribution in [0.1, 0.15) is 22.8 Å². The monoisotopic (exact) mass is 300 g/mol. The van der Waals surface area contributed by atoms with Gasteiger partial charge in [0, 0.05) is 11.1 Å². The molecule has 1 unspecified atom stereocenters. The van der Waals surface area contributed by atoms with Gasteiger partial charge in [0.2, 0.25) is 0 Å². The van der Waals surface area contributed by atoms with E-state index < -0.39 is 18.0 Å². The number of ether oxygens (including phenoxy) is 1. The fourth-order valence-electron chi connectivity index (χ4n) is 1.57. The third-order valence-electron chi connectivity index (χ3n) is 2.67. The van der Waals surface area contributed by atoms with E-state index in [-0.39, 0.29) is 0 Å². The molecule has 0 spiro atoms. The van der Waals surface area contributed by atoms with Crippen molar-refractivity contribution in [3.63, 3.8) is 0 Å². The first kappa shape index (κ1) is 14.8. The van der Waals surface area contributed by atoms with Crippen molar-refractivity contribution in [2.75, 3.05) is 5.32 Å². The van der Waals surface area contributed by atoms with Crippen LogP contribution in [0.25, 0.3) is 0 Å². The van der Waals surface area contributed by atoms with Crippen molar-refractivity contribution in [2.24, 2.45) is 0 Å². The van der Waals surface area contributed by atoms with Crippen molar-refractivity contribution in [3.8, 4) is 6.07 Å². The molecule has 21 heavy (non-hydrogen) atoms. The fourth-order valence-corrected chi connectivity index (χ4v) is 2.20. The van der Waals surface area contributed by atoms with Crippen LogP contribution in [-0.4, -0.2) is 18.0 Å². The van der Waals surface area contributed by atoms with Crippen LogP contribution < -0.4 is 5.32 Å². The number of carbonyl (C=O) groups is 2. The first-order chi connectivity index (χ1) is 10.1. The van der Waals surface area contributed by atoms with Gasteiger partial charge in [-0.2, -0.15) is 16.6 Å². The molecule has 0 saturated carbocycles. The van der Waals surface area contributed by atoms with E-state index in [2.05, 4.69) is 5.32 Å². The van der Waals surface area contributed by atoms with Crippen LogP contribution in [0.4, 0.5) is 5.69 Å². The molecule has 2 rings (SSSR count). The molecule has 1 aromatic carbocycles. The van der Waals surface area contributed by atoms with Crippen molar-refractivity contribution >= 4 is 28.9 Å². The third-order valence-corrected chi connectivity index (χ3v) is 3.35. The number of rotatable bonds is 4. The van der Waals surface area contributed by atoms with E-state index in [1.165, 1.54) is 18.3 Å². The lowest BCUT2D eigenvalue weighted by atomic mass is 10.2. The molecule has 0 radical (unpaired) electrons. The number of hydrogen-bond donors (Lipinski definition) is 1. The van der Waals surface area contributed by atoms with Crippen molar-refractivity contribution in [1.29, 1.82) is 5.26 Å². The number of carbonyl (C=O) groups excluding carboxylic acids is 2. The van der Waals surface area contributed by atoms with E-state index in [1.54, 1.807) is 41.1 Å². The highest BCUT2D eigenvalue weighted by Gasteiger charge is 2.19. The SMILES string of the molecule is CC(OC(=O)c1ccsc1)C(=O)Nc1cccc(C#N)c1. The summed E-state index contributed by atoms with van der Waals surface area (Å²) >= 11 is 1.38. The van der Waals surface area contributed by atoms with Gasteiger partial charge in [-0.15, -0.1) is 0 Å². The average Bonchev–Trinajstić information content (AvgIpc) is 3.01. The summed E-state index contributed by atoms with van der Waals surface area (Å²) in [5, 5.41) is 14.8. The summed E-state index contributed by atoms with van der Waals surface area (Å²) < 4.78 is 5.08. The van der Waals surface area contributed by atoms with Gasteiger partial charge in [0.1, 0.15) is 0 Å². The highest BCUT2D eigenvalue weighted by atomic mass is 32.1. The normalized spacial score (nSPS) is 11.2. The number of nitriles is 1. The zero-order chi connectivity index (χ0) is 15.2. The molecule has 6 heteroatoms. The second-order valence-electron chi connectivity index (χ2n) is 4.24. The maximum Gasteiger partial charge on any atom is 0.339 e. The number of hydrogen-bond acceptors (Lipinski definition) is 5. The summed E-state index contributed by atoms with van der Waals surface area (Å²) in [5.41, 5.74) is 1.35. The van der Waals surface area contributed by atoms with Crippen molar-refractivity contribution in [1.82, 2.24) is 0 Å². The van der Waals surface area contributed by atoms with Crippen molar-refractivity contribution in [2.45, 2.75) is 13.0 Å². The zero-order valence-electron chi connectivity index (χ0n) is 11.2. The zero-order valence-corrected chi connectivity index (χ0v) is 12.0. The number of nitrogens with one attached hydrogen (secondary N) is 1. The van der Waals surface area contributed by atoms with E-state index in [0.29, 0.717) is 16.8 Å². The van der Waals surface area contributed by atoms with Crippen LogP contribution in [0, 0.1) is 11.3 Å². The smallest absolute Gasteiger partial charge is 0.339 e. The van der Waals surface area contributed by atoms with Gasteiger partial charge >= 0.3 is 5.97 Å². The van der Waals surface area contributed by atoms with Gasteiger partial charge in [-0.25, -0.2) is 4.79 Å².